The Kier molecular flexibility index (Phi) is 6.24. The Balaban J connectivity index is 2.09. The van der Waals surface area contributed by atoms with Crippen LogP contribution in [0.1, 0.15) is 30.7 Å². The fourth-order valence-corrected chi connectivity index (χ4v) is 2.66. The number of rotatable bonds is 6. The smallest absolute Gasteiger partial charge is 0.344 e. The van der Waals surface area contributed by atoms with E-state index in [0.717, 1.165) is 18.4 Å². The second-order valence-electron chi connectivity index (χ2n) is 7.39. The van der Waals surface area contributed by atoms with Crippen LogP contribution in [0.4, 0.5) is 29.7 Å². The maximum Gasteiger partial charge on any atom is 0.416 e. The summed E-state index contributed by atoms with van der Waals surface area (Å²) < 4.78 is 38.0. The van der Waals surface area contributed by atoms with Gasteiger partial charge in [0.25, 0.3) is 0 Å². The Hall–Kier alpha value is -3.04. The maximum absolute atomic E-state index is 12.7. The summed E-state index contributed by atoms with van der Waals surface area (Å²) in [6.45, 7) is 5.24. The molecule has 0 fully saturated rings. The summed E-state index contributed by atoms with van der Waals surface area (Å²) in [6.07, 6.45) is -3.65. The summed E-state index contributed by atoms with van der Waals surface area (Å²) >= 11 is 0. The zero-order valence-corrected chi connectivity index (χ0v) is 16.9. The van der Waals surface area contributed by atoms with E-state index in [1.807, 2.05) is 0 Å². The molecule has 0 aliphatic carbocycles. The van der Waals surface area contributed by atoms with E-state index >= 15 is 0 Å². The van der Waals surface area contributed by atoms with Gasteiger partial charge in [0.05, 0.1) is 16.8 Å². The number of aldehydes is 1. The van der Waals surface area contributed by atoms with Crippen LogP contribution in [0, 0.1) is 6.92 Å². The van der Waals surface area contributed by atoms with Crippen LogP contribution in [0.15, 0.2) is 24.3 Å². The van der Waals surface area contributed by atoms with Crippen molar-refractivity contribution in [2.24, 2.45) is 0 Å². The summed E-state index contributed by atoms with van der Waals surface area (Å²) in [5.74, 6) is 0.720. The van der Waals surface area contributed by atoms with Gasteiger partial charge in [-0.05, 0) is 38.5 Å². The fourth-order valence-electron chi connectivity index (χ4n) is 2.66. The Morgan fingerprint density at radius 3 is 2.31 bits per heavy atom. The van der Waals surface area contributed by atoms with Crippen molar-refractivity contribution in [1.82, 2.24) is 14.9 Å². The number of carbonyl (C=O) groups excluding carboxylic acids is 2. The second-order valence-corrected chi connectivity index (χ2v) is 7.39. The molecule has 2 N–H and O–H groups in total. The van der Waals surface area contributed by atoms with Crippen molar-refractivity contribution in [3.63, 3.8) is 0 Å². The topological polar surface area (TPSA) is 81.3 Å². The highest BCUT2D eigenvalue weighted by atomic mass is 19.4. The molecular formula is C19H24F3N5O2. The molecular weight excluding hydrogens is 387 g/mol. The molecule has 0 spiro atoms. The first kappa shape index (κ1) is 22.3. The molecule has 1 aromatic carbocycles. The van der Waals surface area contributed by atoms with Crippen molar-refractivity contribution < 1.29 is 22.8 Å². The molecule has 1 heterocycles. The van der Waals surface area contributed by atoms with E-state index in [0.29, 0.717) is 23.0 Å². The number of alkyl halides is 3. The zero-order chi connectivity index (χ0) is 22.0. The minimum Gasteiger partial charge on any atom is -0.344 e. The van der Waals surface area contributed by atoms with Gasteiger partial charge in [0.2, 0.25) is 5.95 Å². The van der Waals surface area contributed by atoms with Crippen LogP contribution in [0.2, 0.25) is 0 Å². The number of benzene rings is 1. The molecule has 0 saturated heterocycles. The number of nitrogens with zero attached hydrogens (tertiary/aromatic N) is 3. The molecule has 10 heteroatoms. The van der Waals surface area contributed by atoms with E-state index in [2.05, 4.69) is 15.3 Å². The molecule has 0 aliphatic heterocycles. The number of carbonyl (C=O) groups is 2. The lowest BCUT2D eigenvalue weighted by molar-refractivity contribution is -0.137. The zero-order valence-electron chi connectivity index (χ0n) is 16.9. The van der Waals surface area contributed by atoms with Gasteiger partial charge in [-0.15, -0.1) is 0 Å². The predicted molar refractivity (Wildman–Crippen MR) is 104 cm³/mol. The lowest BCUT2D eigenvalue weighted by Crippen LogP contribution is -2.39. The summed E-state index contributed by atoms with van der Waals surface area (Å²) in [4.78, 5) is 33.8. The van der Waals surface area contributed by atoms with E-state index in [1.165, 1.54) is 21.9 Å². The largest absolute Gasteiger partial charge is 0.416 e. The molecule has 0 saturated carbocycles. The molecule has 0 atom stereocenters. The molecule has 29 heavy (non-hydrogen) atoms. The van der Waals surface area contributed by atoms with E-state index in [-0.39, 0.29) is 12.6 Å². The van der Waals surface area contributed by atoms with Gasteiger partial charge in [-0.1, -0.05) is 12.1 Å². The normalized spacial score (nSPS) is 11.9. The number of urea groups is 1. The summed E-state index contributed by atoms with van der Waals surface area (Å²) in [7, 11) is 3.09. The van der Waals surface area contributed by atoms with Gasteiger partial charge >= 0.3 is 12.2 Å². The van der Waals surface area contributed by atoms with Crippen LogP contribution in [-0.4, -0.2) is 46.8 Å². The number of anilines is 2. The highest BCUT2D eigenvalue weighted by Gasteiger charge is 2.30. The van der Waals surface area contributed by atoms with E-state index in [4.69, 9.17) is 0 Å². The first-order valence-corrected chi connectivity index (χ1v) is 8.80. The molecule has 2 aromatic rings. The van der Waals surface area contributed by atoms with Crippen LogP contribution in [0.3, 0.4) is 0 Å². The number of halogens is 3. The predicted octanol–water partition coefficient (Wildman–Crippen LogP) is 3.81. The molecule has 0 radical (unpaired) electrons. The Morgan fingerprint density at radius 1 is 1.21 bits per heavy atom. The van der Waals surface area contributed by atoms with Gasteiger partial charge in [0.15, 0.2) is 5.82 Å². The Labute approximate surface area is 166 Å². The lowest BCUT2D eigenvalue weighted by Gasteiger charge is -2.24. The van der Waals surface area contributed by atoms with Crippen LogP contribution < -0.4 is 10.2 Å². The number of hydrogen-bond acceptors (Lipinski definition) is 4. The molecule has 7 nitrogen and oxygen atoms in total. The van der Waals surface area contributed by atoms with Crippen LogP contribution >= 0.6 is 0 Å². The third-order valence-corrected chi connectivity index (χ3v) is 4.23. The summed E-state index contributed by atoms with van der Waals surface area (Å²) in [5.41, 5.74) is -0.384. The minimum atomic E-state index is -4.40. The van der Waals surface area contributed by atoms with Gasteiger partial charge in [0, 0.05) is 20.6 Å². The molecule has 0 aliphatic rings. The number of H-pyrrole nitrogens is 1. The molecule has 0 bridgehead atoms. The highest BCUT2D eigenvalue weighted by molar-refractivity contribution is 5.91. The standard InChI is InChI=1S/C19H24F3N5O2/c1-12-15(24-16(23-12)25-18(2,3)11-28)27(5)17(29)26(4)10-13-6-8-14(9-7-13)19(20,21)22/h6-9,11H,10H2,1-5H3,(H2,23,24,25). The van der Waals surface area contributed by atoms with Crippen LogP contribution in [0.25, 0.3) is 0 Å². The molecule has 2 rings (SSSR count). The van der Waals surface area contributed by atoms with Gasteiger partial charge < -0.3 is 20.0 Å². The number of aryl methyl sites for hydroxylation is 1. The van der Waals surface area contributed by atoms with Crippen molar-refractivity contribution in [3.8, 4) is 0 Å². The summed E-state index contributed by atoms with van der Waals surface area (Å²) in [6, 6.07) is 4.27. The SMILES string of the molecule is Cc1[nH]c(NC(C)(C)C=O)nc1N(C)C(=O)N(C)Cc1ccc(C(F)(F)F)cc1. The molecule has 2 amide bonds. The van der Waals surface area contributed by atoms with Crippen molar-refractivity contribution in [2.75, 3.05) is 24.3 Å². The number of imidazole rings is 1. The molecule has 158 valence electrons. The first-order valence-electron chi connectivity index (χ1n) is 8.80. The van der Waals surface area contributed by atoms with Crippen molar-refractivity contribution >= 4 is 24.1 Å². The number of nitrogens with one attached hydrogen (secondary N) is 2. The van der Waals surface area contributed by atoms with Crippen LogP contribution in [0.5, 0.6) is 0 Å². The van der Waals surface area contributed by atoms with Gasteiger partial charge in [-0.3, -0.25) is 4.90 Å². The summed E-state index contributed by atoms with van der Waals surface area (Å²) in [5, 5.41) is 2.93. The van der Waals surface area contributed by atoms with Crippen molar-refractivity contribution in [2.45, 2.75) is 39.0 Å². The number of aromatic amines is 1. The van der Waals surface area contributed by atoms with Crippen LogP contribution in [-0.2, 0) is 17.5 Å². The molecule has 1 aromatic heterocycles. The fraction of sp³-hybridized carbons (Fsp3) is 0.421. The maximum atomic E-state index is 12.7. The lowest BCUT2D eigenvalue weighted by atomic mass is 10.1. The van der Waals surface area contributed by atoms with E-state index < -0.39 is 17.3 Å². The number of amides is 2. The number of aromatic nitrogens is 2. The van der Waals surface area contributed by atoms with Gasteiger partial charge in [-0.25, -0.2) is 4.79 Å². The Bertz CT molecular complexity index is 875. The molecule has 0 unspecified atom stereocenters. The Morgan fingerprint density at radius 2 is 1.79 bits per heavy atom. The average Bonchev–Trinajstić information content (AvgIpc) is 2.99. The van der Waals surface area contributed by atoms with E-state index in [9.17, 15) is 22.8 Å². The average molecular weight is 411 g/mol. The quantitative estimate of drug-likeness (QED) is 0.709. The van der Waals surface area contributed by atoms with E-state index in [1.54, 1.807) is 34.9 Å². The highest BCUT2D eigenvalue weighted by Crippen LogP contribution is 2.29. The second kappa shape index (κ2) is 8.14. The van der Waals surface area contributed by atoms with Crippen molar-refractivity contribution in [3.05, 3.63) is 41.1 Å². The van der Waals surface area contributed by atoms with Gasteiger partial charge in [0.1, 0.15) is 6.29 Å². The van der Waals surface area contributed by atoms with Crippen molar-refractivity contribution in [1.29, 1.82) is 0 Å². The monoisotopic (exact) mass is 411 g/mol. The first-order chi connectivity index (χ1) is 13.3. The number of hydrogen-bond donors (Lipinski definition) is 2. The third-order valence-electron chi connectivity index (χ3n) is 4.23. The minimum absolute atomic E-state index is 0.133. The third kappa shape index (κ3) is 5.49. The van der Waals surface area contributed by atoms with Gasteiger partial charge in [-0.2, -0.15) is 18.2 Å².